The molecule has 1 unspecified atom stereocenters. The average molecular weight is 1110 g/mol. The second-order valence-electron chi connectivity index (χ2n) is 20.2. The number of carbonyl (C=O) groups excluding carboxylic acids is 3. The smallest absolute Gasteiger partial charge is 0.309 e. The Balaban J connectivity index is 4.49. The van der Waals surface area contributed by atoms with Gasteiger partial charge in [-0.2, -0.15) is 0 Å². The Morgan fingerprint density at radius 3 is 0.852 bits per heavy atom. The molecule has 0 saturated carbocycles. The van der Waals surface area contributed by atoms with Crippen LogP contribution < -0.4 is 0 Å². The van der Waals surface area contributed by atoms with Gasteiger partial charge in [0, 0.05) is 12.8 Å². The van der Waals surface area contributed by atoms with E-state index in [-0.39, 0.29) is 32.0 Å². The Bertz CT molecular complexity index is 1950. The normalized spacial score (nSPS) is 13.5. The van der Waals surface area contributed by atoms with Gasteiger partial charge in [-0.1, -0.05) is 286 Å². The Hall–Kier alpha value is -5.75. The molecule has 1 atom stereocenters. The molecular weight excluding hydrogens is 997 g/mol. The molecule has 0 radical (unpaired) electrons. The molecular formula is C75H114O6. The van der Waals surface area contributed by atoms with E-state index in [0.717, 1.165) is 116 Å². The van der Waals surface area contributed by atoms with Crippen LogP contribution in [-0.4, -0.2) is 37.2 Å². The van der Waals surface area contributed by atoms with Gasteiger partial charge in [0.15, 0.2) is 6.10 Å². The van der Waals surface area contributed by atoms with Crippen molar-refractivity contribution in [3.05, 3.63) is 194 Å². The van der Waals surface area contributed by atoms with E-state index in [1.807, 2.05) is 18.2 Å². The molecule has 0 N–H and O–H groups in total. The molecule has 0 aromatic carbocycles. The van der Waals surface area contributed by atoms with Crippen LogP contribution in [0.4, 0.5) is 0 Å². The van der Waals surface area contributed by atoms with E-state index < -0.39 is 18.0 Å². The summed E-state index contributed by atoms with van der Waals surface area (Å²) in [5, 5.41) is 0. The van der Waals surface area contributed by atoms with Gasteiger partial charge in [0.25, 0.3) is 0 Å². The number of esters is 3. The van der Waals surface area contributed by atoms with Gasteiger partial charge in [-0.05, 0) is 128 Å². The maximum atomic E-state index is 12.9. The summed E-state index contributed by atoms with van der Waals surface area (Å²) in [5.74, 6) is -1.18. The van der Waals surface area contributed by atoms with Crippen molar-refractivity contribution in [1.29, 1.82) is 0 Å². The number of allylic oxidation sites excluding steroid dienone is 31. The van der Waals surface area contributed by atoms with Crippen molar-refractivity contribution >= 4 is 17.9 Å². The quantitative estimate of drug-likeness (QED) is 0.0261. The highest BCUT2D eigenvalue weighted by Gasteiger charge is 2.19. The lowest BCUT2D eigenvalue weighted by atomic mass is 10.0. The zero-order valence-corrected chi connectivity index (χ0v) is 51.5. The molecule has 0 spiro atoms. The molecule has 0 amide bonds. The molecule has 6 nitrogen and oxygen atoms in total. The van der Waals surface area contributed by atoms with Gasteiger partial charge in [0.05, 0.1) is 6.42 Å². The molecule has 0 aromatic heterocycles. The zero-order valence-electron chi connectivity index (χ0n) is 51.5. The van der Waals surface area contributed by atoms with Crippen LogP contribution in [-0.2, 0) is 28.6 Å². The van der Waals surface area contributed by atoms with E-state index in [9.17, 15) is 14.4 Å². The van der Waals surface area contributed by atoms with Gasteiger partial charge >= 0.3 is 17.9 Å². The number of rotatable bonds is 55. The average Bonchev–Trinajstić information content (AvgIpc) is 3.47. The maximum Gasteiger partial charge on any atom is 0.309 e. The maximum absolute atomic E-state index is 12.9. The highest BCUT2D eigenvalue weighted by atomic mass is 16.6. The van der Waals surface area contributed by atoms with E-state index in [0.29, 0.717) is 19.3 Å². The minimum Gasteiger partial charge on any atom is -0.462 e. The van der Waals surface area contributed by atoms with Gasteiger partial charge in [0.2, 0.25) is 0 Å². The molecule has 6 heteroatoms. The second kappa shape index (κ2) is 66.8. The first-order chi connectivity index (χ1) is 40.0. The molecule has 0 bridgehead atoms. The van der Waals surface area contributed by atoms with Gasteiger partial charge < -0.3 is 14.2 Å². The van der Waals surface area contributed by atoms with Crippen molar-refractivity contribution in [2.75, 3.05) is 13.2 Å². The second-order valence-corrected chi connectivity index (χ2v) is 20.2. The largest absolute Gasteiger partial charge is 0.462 e. The van der Waals surface area contributed by atoms with Gasteiger partial charge in [0.1, 0.15) is 13.2 Å². The van der Waals surface area contributed by atoms with Crippen LogP contribution in [0.15, 0.2) is 194 Å². The Morgan fingerprint density at radius 1 is 0.259 bits per heavy atom. The van der Waals surface area contributed by atoms with Crippen LogP contribution in [0.2, 0.25) is 0 Å². The Labute approximate surface area is 497 Å². The molecule has 0 aliphatic heterocycles. The van der Waals surface area contributed by atoms with Crippen LogP contribution in [0, 0.1) is 0 Å². The van der Waals surface area contributed by atoms with E-state index in [2.05, 4.69) is 191 Å². The van der Waals surface area contributed by atoms with Crippen LogP contribution in [0.3, 0.4) is 0 Å². The summed E-state index contributed by atoms with van der Waals surface area (Å²) in [4.78, 5) is 38.2. The third-order valence-corrected chi connectivity index (χ3v) is 12.6. The van der Waals surface area contributed by atoms with Crippen molar-refractivity contribution in [2.24, 2.45) is 0 Å². The summed E-state index contributed by atoms with van der Waals surface area (Å²) < 4.78 is 16.7. The van der Waals surface area contributed by atoms with Crippen LogP contribution in [0.1, 0.15) is 239 Å². The van der Waals surface area contributed by atoms with Gasteiger partial charge in [-0.25, -0.2) is 0 Å². The first kappa shape index (κ1) is 75.2. The lowest BCUT2D eigenvalue weighted by molar-refractivity contribution is -0.166. The van der Waals surface area contributed by atoms with Crippen molar-refractivity contribution in [3.63, 3.8) is 0 Å². The topological polar surface area (TPSA) is 78.9 Å². The monoisotopic (exact) mass is 1110 g/mol. The summed E-state index contributed by atoms with van der Waals surface area (Å²) in [6.45, 7) is 6.13. The highest BCUT2D eigenvalue weighted by molar-refractivity contribution is 5.72. The first-order valence-corrected chi connectivity index (χ1v) is 31.9. The number of hydrogen-bond donors (Lipinski definition) is 0. The fourth-order valence-electron chi connectivity index (χ4n) is 7.98. The van der Waals surface area contributed by atoms with Crippen LogP contribution >= 0.6 is 0 Å². The third kappa shape index (κ3) is 64.9. The molecule has 0 saturated heterocycles. The molecule has 0 aromatic rings. The number of ether oxygens (including phenoxy) is 3. The lowest BCUT2D eigenvalue weighted by Crippen LogP contribution is -2.30. The summed E-state index contributed by atoms with van der Waals surface area (Å²) in [6, 6.07) is 0. The molecule has 0 aliphatic carbocycles. The first-order valence-electron chi connectivity index (χ1n) is 31.9. The van der Waals surface area contributed by atoms with Gasteiger partial charge in [-0.3, -0.25) is 14.4 Å². The van der Waals surface area contributed by atoms with Crippen molar-refractivity contribution in [2.45, 2.75) is 245 Å². The number of carbonyl (C=O) groups is 3. The van der Waals surface area contributed by atoms with E-state index in [4.69, 9.17) is 14.2 Å². The minimum atomic E-state index is -0.871. The predicted octanol–water partition coefficient (Wildman–Crippen LogP) is 22.2. The number of hydrogen-bond acceptors (Lipinski definition) is 6. The molecule has 81 heavy (non-hydrogen) atoms. The molecule has 0 fully saturated rings. The van der Waals surface area contributed by atoms with Crippen LogP contribution in [0.25, 0.3) is 0 Å². The SMILES string of the molecule is CC/C=C\C/C=C\C/C=C\C/C=C\C/C=C\C/C=C\CCC(=O)OC(COC(=O)C/C=C\C/C=C\C/C=C\C/C=C\C/C=C\CC)COC(=O)CCCCCCCCCCCCCCC/C=C\C/C=C\C/C=C\C/C=C\C/C=C\CC. The molecule has 0 rings (SSSR count). The standard InChI is InChI=1S/C75H114O6/c1-4-7-10-13-16-19-22-25-28-30-32-33-34-35-36-37-38-39-40-41-43-44-47-50-53-56-59-62-65-68-74(77)80-71-72(70-79-73(76)67-64-61-58-55-52-49-46-27-24-21-18-15-12-9-6-3)81-75(78)69-66-63-60-57-54-51-48-45-42-31-29-26-23-20-17-14-11-8-5-2/h7-12,16-21,25-29,32-33,35-36,42,45-46,51-52,54-55,60-61,63-64,72H,4-6,13-15,22-24,30-31,34,37-41,43-44,47-50,53,56-59,62,65-71H2,1-3H3/b10-7-,11-8-,12-9-,19-16-,20-17-,21-18-,28-25-,29-26-,33-32-,36-35-,45-42-,46-27-,54-51-,55-52-,63-60-,64-61-. The fourth-order valence-corrected chi connectivity index (χ4v) is 7.98. The summed E-state index contributed by atoms with van der Waals surface area (Å²) in [6.07, 6.45) is 102. The fraction of sp³-hybridized carbons (Fsp3) is 0.533. The molecule has 0 heterocycles. The lowest BCUT2D eigenvalue weighted by Gasteiger charge is -2.18. The third-order valence-electron chi connectivity index (χ3n) is 12.6. The Morgan fingerprint density at radius 2 is 0.519 bits per heavy atom. The van der Waals surface area contributed by atoms with E-state index in [1.54, 1.807) is 6.08 Å². The van der Waals surface area contributed by atoms with Crippen molar-refractivity contribution in [1.82, 2.24) is 0 Å². The minimum absolute atomic E-state index is 0.102. The predicted molar refractivity (Wildman–Crippen MR) is 352 cm³/mol. The van der Waals surface area contributed by atoms with E-state index in [1.165, 1.54) is 70.6 Å². The van der Waals surface area contributed by atoms with Crippen molar-refractivity contribution < 1.29 is 28.6 Å². The summed E-state index contributed by atoms with van der Waals surface area (Å²) >= 11 is 0. The molecule has 450 valence electrons. The van der Waals surface area contributed by atoms with Crippen molar-refractivity contribution in [3.8, 4) is 0 Å². The summed E-state index contributed by atoms with van der Waals surface area (Å²) in [5.41, 5.74) is 0. The van der Waals surface area contributed by atoms with Gasteiger partial charge in [-0.15, -0.1) is 0 Å². The number of unbranched alkanes of at least 4 members (excludes halogenated alkanes) is 13. The molecule has 0 aliphatic rings. The zero-order chi connectivity index (χ0) is 58.5. The van der Waals surface area contributed by atoms with Crippen LogP contribution in [0.5, 0.6) is 0 Å². The summed E-state index contributed by atoms with van der Waals surface area (Å²) in [7, 11) is 0. The highest BCUT2D eigenvalue weighted by Crippen LogP contribution is 2.15. The van der Waals surface area contributed by atoms with E-state index >= 15 is 0 Å². The Kier molecular flexibility index (Phi) is 62.0.